The van der Waals surface area contributed by atoms with Crippen LogP contribution in [0.2, 0.25) is 0 Å². The molecule has 1 aromatic rings. The number of carbonyl (C=O) groups is 2. The monoisotopic (exact) mass is 252 g/mol. The van der Waals surface area contributed by atoms with E-state index in [-0.39, 0.29) is 18.0 Å². The van der Waals surface area contributed by atoms with Gasteiger partial charge in [-0.05, 0) is 18.2 Å². The second kappa shape index (κ2) is 4.67. The van der Waals surface area contributed by atoms with Crippen molar-refractivity contribution >= 4 is 35.9 Å². The van der Waals surface area contributed by atoms with Gasteiger partial charge in [-0.2, -0.15) is 12.6 Å². The second-order valence-electron chi connectivity index (χ2n) is 3.73. The molecule has 0 aliphatic carbocycles. The fraction of sp³-hybridized carbons (Fsp3) is 0.273. The molecule has 1 aliphatic heterocycles. The number of carbonyl (C=O) groups excluding carboxylic acids is 1. The maximum Gasteiger partial charge on any atom is 0.335 e. The first kappa shape index (κ1) is 11.8. The van der Waals surface area contributed by atoms with E-state index in [9.17, 15) is 9.59 Å². The van der Waals surface area contributed by atoms with Crippen molar-refractivity contribution in [3.63, 3.8) is 0 Å². The molecule has 2 rings (SSSR count). The van der Waals surface area contributed by atoms with Gasteiger partial charge in [0, 0.05) is 12.3 Å². The highest BCUT2D eigenvalue weighted by atomic mass is 32.1. The number of carboxylic acid groups (broad SMARTS) is 1. The van der Waals surface area contributed by atoms with Gasteiger partial charge in [0.2, 0.25) is 5.91 Å². The lowest BCUT2D eigenvalue weighted by molar-refractivity contribution is -0.115. The van der Waals surface area contributed by atoms with E-state index >= 15 is 0 Å². The van der Waals surface area contributed by atoms with E-state index in [4.69, 9.17) is 5.11 Å². The van der Waals surface area contributed by atoms with Crippen LogP contribution in [0.4, 0.5) is 11.4 Å². The molecular formula is C11H12N2O3S. The Balaban J connectivity index is 2.42. The molecule has 0 fully saturated rings. The van der Waals surface area contributed by atoms with Crippen LogP contribution < -0.4 is 10.2 Å². The van der Waals surface area contributed by atoms with Gasteiger partial charge in [0.15, 0.2) is 0 Å². The second-order valence-corrected chi connectivity index (χ2v) is 4.18. The van der Waals surface area contributed by atoms with E-state index in [1.807, 2.05) is 4.90 Å². The first-order valence-corrected chi connectivity index (χ1v) is 5.78. The van der Waals surface area contributed by atoms with Crippen LogP contribution in [-0.2, 0) is 4.79 Å². The average molecular weight is 252 g/mol. The Morgan fingerprint density at radius 3 is 2.94 bits per heavy atom. The molecule has 0 aromatic heterocycles. The maximum absolute atomic E-state index is 11.4. The molecule has 6 heteroatoms. The predicted octanol–water partition coefficient (Wildman–Crippen LogP) is 1.07. The Hall–Kier alpha value is -1.69. The van der Waals surface area contributed by atoms with Gasteiger partial charge in [-0.25, -0.2) is 4.79 Å². The third kappa shape index (κ3) is 2.36. The zero-order valence-corrected chi connectivity index (χ0v) is 9.91. The van der Waals surface area contributed by atoms with Crippen molar-refractivity contribution in [3.8, 4) is 0 Å². The van der Waals surface area contributed by atoms with E-state index < -0.39 is 5.97 Å². The SMILES string of the molecule is O=C1CN(CCS)c2cc(C(=O)O)ccc2N1. The van der Waals surface area contributed by atoms with Gasteiger partial charge < -0.3 is 15.3 Å². The molecular weight excluding hydrogens is 240 g/mol. The maximum atomic E-state index is 11.4. The number of aromatic carboxylic acids is 1. The number of carboxylic acids is 1. The lowest BCUT2D eigenvalue weighted by Gasteiger charge is -2.30. The summed E-state index contributed by atoms with van der Waals surface area (Å²) in [5, 5.41) is 11.6. The Morgan fingerprint density at radius 1 is 1.53 bits per heavy atom. The number of fused-ring (bicyclic) bond motifs is 1. The van der Waals surface area contributed by atoms with Crippen molar-refractivity contribution in [3.05, 3.63) is 23.8 Å². The minimum absolute atomic E-state index is 0.0950. The fourth-order valence-electron chi connectivity index (χ4n) is 1.80. The first-order chi connectivity index (χ1) is 8.11. The summed E-state index contributed by atoms with van der Waals surface area (Å²) >= 11 is 4.13. The lowest BCUT2D eigenvalue weighted by atomic mass is 10.1. The third-order valence-electron chi connectivity index (χ3n) is 2.56. The molecule has 0 unspecified atom stereocenters. The number of nitrogens with one attached hydrogen (secondary N) is 1. The van der Waals surface area contributed by atoms with Crippen molar-refractivity contribution in [2.24, 2.45) is 0 Å². The summed E-state index contributed by atoms with van der Waals surface area (Å²) in [5.74, 6) is -0.470. The van der Waals surface area contributed by atoms with Gasteiger partial charge in [0.1, 0.15) is 0 Å². The van der Waals surface area contributed by atoms with Gasteiger partial charge >= 0.3 is 5.97 Å². The molecule has 0 saturated carbocycles. The largest absolute Gasteiger partial charge is 0.478 e. The highest BCUT2D eigenvalue weighted by Gasteiger charge is 2.22. The zero-order chi connectivity index (χ0) is 12.4. The number of anilines is 2. The van der Waals surface area contributed by atoms with Crippen LogP contribution in [0.15, 0.2) is 18.2 Å². The number of nitrogens with zero attached hydrogens (tertiary/aromatic N) is 1. The van der Waals surface area contributed by atoms with Gasteiger partial charge in [-0.1, -0.05) is 0 Å². The molecule has 0 saturated heterocycles. The number of hydrogen-bond acceptors (Lipinski definition) is 4. The van der Waals surface area contributed by atoms with Crippen LogP contribution in [0.1, 0.15) is 10.4 Å². The summed E-state index contributed by atoms with van der Waals surface area (Å²) in [5.41, 5.74) is 1.59. The molecule has 1 aliphatic rings. The molecule has 2 N–H and O–H groups in total. The third-order valence-corrected chi connectivity index (χ3v) is 2.76. The molecule has 5 nitrogen and oxygen atoms in total. The Labute approximate surface area is 104 Å². The Morgan fingerprint density at radius 2 is 2.29 bits per heavy atom. The van der Waals surface area contributed by atoms with Crippen molar-refractivity contribution in [1.29, 1.82) is 0 Å². The zero-order valence-electron chi connectivity index (χ0n) is 9.01. The minimum Gasteiger partial charge on any atom is -0.478 e. The Bertz CT molecular complexity index is 476. The van der Waals surface area contributed by atoms with E-state index in [0.717, 1.165) is 5.69 Å². The molecule has 0 radical (unpaired) electrons. The Kier molecular flexibility index (Phi) is 3.23. The quantitative estimate of drug-likeness (QED) is 0.704. The smallest absolute Gasteiger partial charge is 0.335 e. The normalized spacial score (nSPS) is 14.2. The van der Waals surface area contributed by atoms with E-state index in [1.54, 1.807) is 12.1 Å². The van der Waals surface area contributed by atoms with Gasteiger partial charge in [0.25, 0.3) is 0 Å². The lowest BCUT2D eigenvalue weighted by Crippen LogP contribution is -2.39. The highest BCUT2D eigenvalue weighted by molar-refractivity contribution is 7.80. The molecule has 0 bridgehead atoms. The van der Waals surface area contributed by atoms with Crippen molar-refractivity contribution < 1.29 is 14.7 Å². The fourth-order valence-corrected chi connectivity index (χ4v) is 2.04. The topological polar surface area (TPSA) is 69.6 Å². The van der Waals surface area contributed by atoms with Crippen molar-refractivity contribution in [1.82, 2.24) is 0 Å². The summed E-state index contributed by atoms with van der Waals surface area (Å²) in [4.78, 5) is 24.2. The summed E-state index contributed by atoms with van der Waals surface area (Å²) in [6, 6.07) is 4.66. The first-order valence-electron chi connectivity index (χ1n) is 5.15. The van der Waals surface area contributed by atoms with E-state index in [0.29, 0.717) is 18.0 Å². The minimum atomic E-state index is -0.976. The summed E-state index contributed by atoms with van der Waals surface area (Å²) in [6.45, 7) is 0.837. The van der Waals surface area contributed by atoms with E-state index in [2.05, 4.69) is 17.9 Å². The van der Waals surface area contributed by atoms with Crippen LogP contribution in [0.5, 0.6) is 0 Å². The number of thiol groups is 1. The van der Waals surface area contributed by atoms with Crippen molar-refractivity contribution in [2.45, 2.75) is 0 Å². The molecule has 1 aromatic carbocycles. The number of hydrogen-bond donors (Lipinski definition) is 3. The summed E-state index contributed by atoms with van der Waals surface area (Å²) in [6.07, 6.45) is 0. The standard InChI is InChI=1S/C11H12N2O3S/c14-10-6-13(3-4-17)9-5-7(11(15)16)1-2-8(9)12-10/h1-2,5,17H,3-4,6H2,(H,12,14)(H,15,16). The van der Waals surface area contributed by atoms with Crippen LogP contribution >= 0.6 is 12.6 Å². The molecule has 0 spiro atoms. The average Bonchev–Trinajstić information content (AvgIpc) is 2.28. The van der Waals surface area contributed by atoms with Crippen LogP contribution in [-0.4, -0.2) is 35.8 Å². The predicted molar refractivity (Wildman–Crippen MR) is 68.1 cm³/mol. The van der Waals surface area contributed by atoms with E-state index in [1.165, 1.54) is 6.07 Å². The van der Waals surface area contributed by atoms with Gasteiger partial charge in [-0.15, -0.1) is 0 Å². The number of rotatable bonds is 3. The molecule has 0 atom stereocenters. The summed E-state index contributed by atoms with van der Waals surface area (Å²) in [7, 11) is 0. The number of benzene rings is 1. The molecule has 1 heterocycles. The molecule has 90 valence electrons. The van der Waals surface area contributed by atoms with Crippen LogP contribution in [0, 0.1) is 0 Å². The van der Waals surface area contributed by atoms with Crippen molar-refractivity contribution in [2.75, 3.05) is 29.1 Å². The highest BCUT2D eigenvalue weighted by Crippen LogP contribution is 2.30. The van der Waals surface area contributed by atoms with Crippen LogP contribution in [0.25, 0.3) is 0 Å². The van der Waals surface area contributed by atoms with Gasteiger partial charge in [-0.3, -0.25) is 4.79 Å². The van der Waals surface area contributed by atoms with Gasteiger partial charge in [0.05, 0.1) is 23.5 Å². The molecule has 1 amide bonds. The number of amides is 1. The summed E-state index contributed by atoms with van der Waals surface area (Å²) < 4.78 is 0. The van der Waals surface area contributed by atoms with Crippen LogP contribution in [0.3, 0.4) is 0 Å². The molecule has 17 heavy (non-hydrogen) atoms.